The fraction of sp³-hybridized carbons (Fsp3) is 0.778. The Labute approximate surface area is 364 Å². The maximum atomic E-state index is 12.8. The van der Waals surface area contributed by atoms with Gasteiger partial charge in [-0.3, -0.25) is 18.6 Å². The van der Waals surface area contributed by atoms with Crippen LogP contribution in [0.25, 0.3) is 0 Å². The van der Waals surface area contributed by atoms with Crippen LogP contribution in [0.5, 0.6) is 0 Å². The second-order valence-electron chi connectivity index (χ2n) is 15.9. The molecule has 1 aliphatic carbocycles. The van der Waals surface area contributed by atoms with Crippen LogP contribution in [0, 0.1) is 0 Å². The van der Waals surface area contributed by atoms with E-state index in [1.54, 1.807) is 6.08 Å². The van der Waals surface area contributed by atoms with Crippen molar-refractivity contribution in [3.63, 3.8) is 0 Å². The molecule has 0 saturated heterocycles. The summed E-state index contributed by atoms with van der Waals surface area (Å²) < 4.78 is 33.3. The molecule has 354 valence electrons. The smallest absolute Gasteiger partial charge is 0.462 e. The van der Waals surface area contributed by atoms with Gasteiger partial charge in [0.25, 0.3) is 0 Å². The van der Waals surface area contributed by atoms with Crippen molar-refractivity contribution in [3.8, 4) is 0 Å². The van der Waals surface area contributed by atoms with Crippen molar-refractivity contribution in [3.05, 3.63) is 48.6 Å². The maximum Gasteiger partial charge on any atom is 0.472 e. The van der Waals surface area contributed by atoms with Gasteiger partial charge >= 0.3 is 19.8 Å². The quantitative estimate of drug-likeness (QED) is 0.0148. The van der Waals surface area contributed by atoms with E-state index >= 15 is 0 Å². The molecule has 0 heterocycles. The summed E-state index contributed by atoms with van der Waals surface area (Å²) in [4.78, 5) is 35.7. The number of esters is 2. The van der Waals surface area contributed by atoms with Crippen molar-refractivity contribution >= 4 is 19.8 Å². The Hall–Kier alpha value is -2.27. The first-order valence-corrected chi connectivity index (χ1v) is 24.1. The number of unbranched alkanes of at least 4 members (excludes halogenated alkanes) is 12. The summed E-state index contributed by atoms with van der Waals surface area (Å²) in [5, 5.41) is 70.8. The highest BCUT2D eigenvalue weighted by atomic mass is 31.2. The summed E-state index contributed by atoms with van der Waals surface area (Å²) in [5.41, 5.74) is 0. The van der Waals surface area contributed by atoms with Gasteiger partial charge in [0, 0.05) is 12.8 Å². The molecule has 0 aromatic rings. The average molecular weight is 891 g/mol. The number of aliphatic hydroxyl groups is 7. The first-order valence-electron chi connectivity index (χ1n) is 22.6. The summed E-state index contributed by atoms with van der Waals surface area (Å²) >= 11 is 0. The largest absolute Gasteiger partial charge is 0.472 e. The second-order valence-corrected chi connectivity index (χ2v) is 17.3. The second kappa shape index (κ2) is 35.1. The Morgan fingerprint density at radius 3 is 1.67 bits per heavy atom. The Balaban J connectivity index is 2.59. The molecule has 8 N–H and O–H groups in total. The van der Waals surface area contributed by atoms with E-state index in [0.717, 1.165) is 51.4 Å². The molecule has 16 heteroatoms. The monoisotopic (exact) mass is 891 g/mol. The SMILES string of the molecule is CCCCC/C=C\C/C=C\C/C=C\CC(O)C(O)CCCC(=O)OC[C@H](COP(=O)(O)OC1[C@H](O)[C@H](O)C(O)[C@H](O)[C@H]1O)OC(=O)CCCCCCC/C=C\CCCCCC. The molecular formula is C45H79O15P. The summed E-state index contributed by atoms with van der Waals surface area (Å²) in [6, 6.07) is 0. The minimum Gasteiger partial charge on any atom is -0.462 e. The summed E-state index contributed by atoms with van der Waals surface area (Å²) in [7, 11) is -5.19. The highest BCUT2D eigenvalue weighted by Crippen LogP contribution is 2.47. The molecule has 0 aromatic heterocycles. The number of carbonyl (C=O) groups is 2. The van der Waals surface area contributed by atoms with E-state index in [2.05, 4.69) is 44.2 Å². The molecule has 10 atom stereocenters. The zero-order valence-electron chi connectivity index (χ0n) is 36.7. The lowest BCUT2D eigenvalue weighted by atomic mass is 9.85. The van der Waals surface area contributed by atoms with Crippen LogP contribution in [0.1, 0.15) is 155 Å². The Morgan fingerprint density at radius 1 is 0.574 bits per heavy atom. The van der Waals surface area contributed by atoms with E-state index in [4.69, 9.17) is 18.5 Å². The first kappa shape index (κ1) is 56.7. The van der Waals surface area contributed by atoms with Gasteiger partial charge in [-0.2, -0.15) is 0 Å². The highest BCUT2D eigenvalue weighted by Gasteiger charge is 2.51. The van der Waals surface area contributed by atoms with Gasteiger partial charge in [-0.15, -0.1) is 0 Å². The Morgan fingerprint density at radius 2 is 1.05 bits per heavy atom. The third-order valence-electron chi connectivity index (χ3n) is 10.3. The normalized spacial score (nSPS) is 23.5. The van der Waals surface area contributed by atoms with Crippen LogP contribution < -0.4 is 0 Å². The van der Waals surface area contributed by atoms with E-state index in [1.807, 2.05) is 12.2 Å². The van der Waals surface area contributed by atoms with Crippen molar-refractivity contribution < 1.29 is 73.3 Å². The van der Waals surface area contributed by atoms with Crippen molar-refractivity contribution in [2.75, 3.05) is 13.2 Å². The molecule has 5 unspecified atom stereocenters. The number of allylic oxidation sites excluding steroid dienone is 7. The molecule has 15 nitrogen and oxygen atoms in total. The maximum absolute atomic E-state index is 12.8. The third kappa shape index (κ3) is 27.5. The zero-order chi connectivity index (χ0) is 45.3. The lowest BCUT2D eigenvalue weighted by Crippen LogP contribution is -2.64. The van der Waals surface area contributed by atoms with Gasteiger partial charge < -0.3 is 50.1 Å². The van der Waals surface area contributed by atoms with E-state index in [9.17, 15) is 54.8 Å². The van der Waals surface area contributed by atoms with Crippen molar-refractivity contribution in [1.29, 1.82) is 0 Å². The molecule has 0 bridgehead atoms. The Kier molecular flexibility index (Phi) is 32.7. The average Bonchev–Trinajstić information content (AvgIpc) is 3.23. The van der Waals surface area contributed by atoms with Crippen molar-refractivity contribution in [2.24, 2.45) is 0 Å². The standard InChI is InChI=1S/C45H79O15P/c1-3-5-7-9-11-13-15-17-19-21-23-25-27-31-39(49)59-35(34-58-61(55,56)60-45-43(53)41(51)40(50)42(52)44(45)54)33-57-38(48)32-28-30-37(47)36(46)29-26-24-22-20-18-16-14-12-10-8-6-4-2/h12-15,18,20,24,26,35-37,40-47,50-54H,3-11,16-17,19,21-23,25,27-34H2,1-2H3,(H,55,56)/b14-12-,15-13-,20-18-,26-24-/t35-,36?,37?,40?,41-,42+,43-,44-,45?/m1/s1. The highest BCUT2D eigenvalue weighted by molar-refractivity contribution is 7.47. The number of rotatable bonds is 36. The molecular weight excluding hydrogens is 811 g/mol. The molecule has 1 fully saturated rings. The van der Waals surface area contributed by atoms with Crippen molar-refractivity contribution in [2.45, 2.75) is 210 Å². The van der Waals surface area contributed by atoms with Gasteiger partial charge in [0.2, 0.25) is 0 Å². The number of phosphoric acid groups is 1. The van der Waals surface area contributed by atoms with Crippen LogP contribution in [0.15, 0.2) is 48.6 Å². The number of aliphatic hydroxyl groups excluding tert-OH is 7. The zero-order valence-corrected chi connectivity index (χ0v) is 37.6. The van der Waals surface area contributed by atoms with Gasteiger partial charge in [-0.1, -0.05) is 114 Å². The molecule has 61 heavy (non-hydrogen) atoms. The fourth-order valence-corrected chi connectivity index (χ4v) is 7.47. The lowest BCUT2D eigenvalue weighted by Gasteiger charge is -2.41. The van der Waals surface area contributed by atoms with E-state index < -0.39 is 87.9 Å². The number of hydrogen-bond acceptors (Lipinski definition) is 14. The number of carbonyl (C=O) groups excluding carboxylic acids is 2. The van der Waals surface area contributed by atoms with Gasteiger partial charge in [0.05, 0.1) is 18.8 Å². The molecule has 1 aliphatic rings. The van der Waals surface area contributed by atoms with Crippen LogP contribution in [-0.2, 0) is 32.7 Å². The predicted molar refractivity (Wildman–Crippen MR) is 233 cm³/mol. The van der Waals surface area contributed by atoms with E-state index in [-0.39, 0.29) is 32.1 Å². The Bertz CT molecular complexity index is 1290. The fourth-order valence-electron chi connectivity index (χ4n) is 6.50. The molecule has 0 aliphatic heterocycles. The summed E-state index contributed by atoms with van der Waals surface area (Å²) in [6.45, 7) is 2.98. The van der Waals surface area contributed by atoms with Crippen LogP contribution in [0.3, 0.4) is 0 Å². The van der Waals surface area contributed by atoms with Crippen molar-refractivity contribution in [1.82, 2.24) is 0 Å². The number of phosphoric ester groups is 1. The molecule has 0 radical (unpaired) electrons. The molecule has 0 amide bonds. The van der Waals surface area contributed by atoms with Crippen LogP contribution in [0.2, 0.25) is 0 Å². The van der Waals surface area contributed by atoms with E-state index in [0.29, 0.717) is 12.8 Å². The van der Waals surface area contributed by atoms with Gasteiger partial charge in [0.15, 0.2) is 6.10 Å². The van der Waals surface area contributed by atoms with Crippen LogP contribution in [-0.4, -0.2) is 121 Å². The first-order chi connectivity index (χ1) is 29.2. The third-order valence-corrected chi connectivity index (χ3v) is 11.3. The molecule has 0 spiro atoms. The van der Waals surface area contributed by atoms with Crippen LogP contribution >= 0.6 is 7.82 Å². The van der Waals surface area contributed by atoms with Gasteiger partial charge in [0.1, 0.15) is 43.2 Å². The number of hydrogen-bond donors (Lipinski definition) is 8. The van der Waals surface area contributed by atoms with Crippen LogP contribution in [0.4, 0.5) is 0 Å². The summed E-state index contributed by atoms with van der Waals surface area (Å²) in [6.07, 6.45) is 19.0. The lowest BCUT2D eigenvalue weighted by molar-refractivity contribution is -0.220. The molecule has 0 aromatic carbocycles. The molecule has 1 rings (SSSR count). The molecule has 1 saturated carbocycles. The van der Waals surface area contributed by atoms with Gasteiger partial charge in [-0.25, -0.2) is 4.57 Å². The van der Waals surface area contributed by atoms with Gasteiger partial charge in [-0.05, 0) is 77.0 Å². The number of ether oxygens (including phenoxy) is 2. The minimum atomic E-state index is -5.19. The van der Waals surface area contributed by atoms with E-state index in [1.165, 1.54) is 44.9 Å². The minimum absolute atomic E-state index is 0.0247. The predicted octanol–water partition coefficient (Wildman–Crippen LogP) is 6.33. The topological polar surface area (TPSA) is 250 Å². The summed E-state index contributed by atoms with van der Waals surface area (Å²) in [5.74, 6) is -1.40.